The Morgan fingerprint density at radius 3 is 3.06 bits per heavy atom. The van der Waals surface area contributed by atoms with E-state index in [0.29, 0.717) is 23.6 Å². The van der Waals surface area contributed by atoms with Gasteiger partial charge < -0.3 is 10.4 Å². The first-order chi connectivity index (χ1) is 8.20. The van der Waals surface area contributed by atoms with Crippen molar-refractivity contribution >= 4 is 11.8 Å². The van der Waals surface area contributed by atoms with Gasteiger partial charge in [0.25, 0.3) is 0 Å². The van der Waals surface area contributed by atoms with Gasteiger partial charge in [0.15, 0.2) is 0 Å². The molecule has 1 aromatic rings. The fourth-order valence-electron chi connectivity index (χ4n) is 2.40. The zero-order chi connectivity index (χ0) is 12.3. The van der Waals surface area contributed by atoms with Crippen LogP contribution < -0.4 is 5.32 Å². The summed E-state index contributed by atoms with van der Waals surface area (Å²) in [6.07, 6.45) is 6.01. The van der Waals surface area contributed by atoms with Crippen molar-refractivity contribution in [2.45, 2.75) is 44.0 Å². The van der Waals surface area contributed by atoms with E-state index >= 15 is 0 Å². The lowest BCUT2D eigenvalue weighted by molar-refractivity contribution is 0.450. The molecule has 1 saturated carbocycles. The molecule has 1 aliphatic rings. The number of rotatable bonds is 4. The lowest BCUT2D eigenvalue weighted by Gasteiger charge is -2.19. The molecule has 94 valence electrons. The normalized spacial score (nSPS) is 24.1. The van der Waals surface area contributed by atoms with E-state index in [2.05, 4.69) is 16.6 Å². The van der Waals surface area contributed by atoms with Gasteiger partial charge in [-0.05, 0) is 38.2 Å². The van der Waals surface area contributed by atoms with E-state index in [1.54, 1.807) is 6.07 Å². The number of aryl methyl sites for hydroxylation is 1. The van der Waals surface area contributed by atoms with Gasteiger partial charge in [0.1, 0.15) is 5.75 Å². The second-order valence-corrected chi connectivity index (χ2v) is 5.69. The molecule has 1 heterocycles. The molecule has 0 spiro atoms. The van der Waals surface area contributed by atoms with Gasteiger partial charge in [-0.3, -0.25) is 4.98 Å². The van der Waals surface area contributed by atoms with Crippen molar-refractivity contribution in [1.82, 2.24) is 10.3 Å². The minimum absolute atomic E-state index is 0.293. The third-order valence-corrected chi connectivity index (χ3v) is 4.55. The first-order valence-corrected chi connectivity index (χ1v) is 7.41. The summed E-state index contributed by atoms with van der Waals surface area (Å²) in [6, 6.07) is 4.12. The molecule has 0 aromatic carbocycles. The van der Waals surface area contributed by atoms with Crippen molar-refractivity contribution in [1.29, 1.82) is 0 Å². The molecular weight excluding hydrogens is 232 g/mol. The van der Waals surface area contributed by atoms with Crippen molar-refractivity contribution < 1.29 is 5.11 Å². The zero-order valence-electron chi connectivity index (χ0n) is 10.4. The van der Waals surface area contributed by atoms with Crippen LogP contribution >= 0.6 is 11.8 Å². The Morgan fingerprint density at radius 1 is 1.47 bits per heavy atom. The molecule has 1 aliphatic carbocycles. The van der Waals surface area contributed by atoms with Gasteiger partial charge in [-0.15, -0.1) is 0 Å². The monoisotopic (exact) mass is 252 g/mol. The number of aromatic nitrogens is 1. The third-order valence-electron chi connectivity index (χ3n) is 3.38. The molecule has 1 fully saturated rings. The predicted octanol–water partition coefficient (Wildman–Crippen LogP) is 2.47. The molecule has 2 atom stereocenters. The van der Waals surface area contributed by atoms with Crippen LogP contribution in [0.15, 0.2) is 12.1 Å². The Kier molecular flexibility index (Phi) is 4.29. The van der Waals surface area contributed by atoms with Crippen LogP contribution in [0.1, 0.15) is 30.7 Å². The molecule has 0 aliphatic heterocycles. The number of nitrogens with zero attached hydrogens (tertiary/aromatic N) is 1. The Labute approximate surface area is 107 Å². The topological polar surface area (TPSA) is 45.2 Å². The fraction of sp³-hybridized carbons (Fsp3) is 0.615. The van der Waals surface area contributed by atoms with Crippen LogP contribution in [0.5, 0.6) is 5.75 Å². The van der Waals surface area contributed by atoms with Gasteiger partial charge in [-0.1, -0.05) is 6.42 Å². The van der Waals surface area contributed by atoms with Gasteiger partial charge in [-0.25, -0.2) is 0 Å². The quantitative estimate of drug-likeness (QED) is 0.864. The van der Waals surface area contributed by atoms with E-state index in [1.165, 1.54) is 19.3 Å². The van der Waals surface area contributed by atoms with Crippen molar-refractivity contribution in [3.63, 3.8) is 0 Å². The predicted molar refractivity (Wildman–Crippen MR) is 72.4 cm³/mol. The summed E-state index contributed by atoms with van der Waals surface area (Å²) >= 11 is 1.94. The van der Waals surface area contributed by atoms with Crippen LogP contribution in [0.4, 0.5) is 0 Å². The molecule has 0 saturated heterocycles. The molecular formula is C13H20N2OS. The molecule has 3 nitrogen and oxygen atoms in total. The van der Waals surface area contributed by atoms with E-state index in [1.807, 2.05) is 24.8 Å². The maximum Gasteiger partial charge on any atom is 0.138 e. The number of nitrogens with one attached hydrogen (secondary N) is 1. The molecule has 0 amide bonds. The molecule has 2 N–H and O–H groups in total. The van der Waals surface area contributed by atoms with Gasteiger partial charge in [0, 0.05) is 23.5 Å². The molecule has 4 heteroatoms. The molecule has 1 aromatic heterocycles. The average Bonchev–Trinajstić information content (AvgIpc) is 2.77. The van der Waals surface area contributed by atoms with Crippen molar-refractivity contribution in [3.05, 3.63) is 23.5 Å². The number of hydrogen-bond donors (Lipinski definition) is 2. The molecule has 2 rings (SSSR count). The minimum atomic E-state index is 0.293. The molecule has 0 bridgehead atoms. The number of aromatic hydroxyl groups is 1. The first kappa shape index (κ1) is 12.7. The summed E-state index contributed by atoms with van der Waals surface area (Å²) in [5.41, 5.74) is 1.71. The van der Waals surface area contributed by atoms with Gasteiger partial charge >= 0.3 is 0 Å². The van der Waals surface area contributed by atoms with Crippen LogP contribution in [-0.4, -0.2) is 27.6 Å². The van der Waals surface area contributed by atoms with Gasteiger partial charge in [-0.2, -0.15) is 11.8 Å². The Hall–Kier alpha value is -0.740. The molecule has 0 radical (unpaired) electrons. The van der Waals surface area contributed by atoms with Crippen LogP contribution in [0.25, 0.3) is 0 Å². The molecule has 2 unspecified atom stereocenters. The fourth-order valence-corrected chi connectivity index (χ4v) is 3.37. The second kappa shape index (κ2) is 5.74. The van der Waals surface area contributed by atoms with Gasteiger partial charge in [0.05, 0.1) is 5.69 Å². The minimum Gasteiger partial charge on any atom is -0.506 e. The Balaban J connectivity index is 1.95. The van der Waals surface area contributed by atoms with E-state index in [9.17, 15) is 5.11 Å². The largest absolute Gasteiger partial charge is 0.506 e. The van der Waals surface area contributed by atoms with Crippen LogP contribution in [0.2, 0.25) is 0 Å². The van der Waals surface area contributed by atoms with E-state index in [4.69, 9.17) is 0 Å². The summed E-state index contributed by atoms with van der Waals surface area (Å²) in [4.78, 5) is 4.37. The summed E-state index contributed by atoms with van der Waals surface area (Å²) in [5, 5.41) is 14.0. The highest BCUT2D eigenvalue weighted by Crippen LogP contribution is 2.28. The Morgan fingerprint density at radius 2 is 2.29 bits per heavy atom. The lowest BCUT2D eigenvalue weighted by atomic mass is 10.2. The van der Waals surface area contributed by atoms with Crippen LogP contribution in [0, 0.1) is 6.92 Å². The van der Waals surface area contributed by atoms with E-state index < -0.39 is 0 Å². The van der Waals surface area contributed by atoms with Crippen molar-refractivity contribution in [2.75, 3.05) is 6.26 Å². The summed E-state index contributed by atoms with van der Waals surface area (Å²) < 4.78 is 0. The van der Waals surface area contributed by atoms with Crippen molar-refractivity contribution in [2.24, 2.45) is 0 Å². The number of pyridine rings is 1. The van der Waals surface area contributed by atoms with Crippen LogP contribution in [0.3, 0.4) is 0 Å². The van der Waals surface area contributed by atoms with Crippen LogP contribution in [-0.2, 0) is 6.54 Å². The lowest BCUT2D eigenvalue weighted by Crippen LogP contribution is -2.33. The SMILES string of the molecule is CSC1CCCC1NCc1nc(C)ccc1O. The maximum atomic E-state index is 9.72. The summed E-state index contributed by atoms with van der Waals surface area (Å²) in [6.45, 7) is 2.61. The number of hydrogen-bond acceptors (Lipinski definition) is 4. The average molecular weight is 252 g/mol. The Bertz CT molecular complexity index is 384. The highest BCUT2D eigenvalue weighted by Gasteiger charge is 2.26. The molecule has 17 heavy (non-hydrogen) atoms. The summed E-state index contributed by atoms with van der Waals surface area (Å²) in [7, 11) is 0. The maximum absolute atomic E-state index is 9.72. The summed E-state index contributed by atoms with van der Waals surface area (Å²) in [5.74, 6) is 0.293. The van der Waals surface area contributed by atoms with Gasteiger partial charge in [0.2, 0.25) is 0 Å². The highest BCUT2D eigenvalue weighted by atomic mass is 32.2. The number of thioether (sulfide) groups is 1. The van der Waals surface area contributed by atoms with Crippen molar-refractivity contribution in [3.8, 4) is 5.75 Å². The second-order valence-electron chi connectivity index (χ2n) is 4.61. The zero-order valence-corrected chi connectivity index (χ0v) is 11.3. The van der Waals surface area contributed by atoms with E-state index in [-0.39, 0.29) is 0 Å². The smallest absolute Gasteiger partial charge is 0.138 e. The third kappa shape index (κ3) is 3.13. The highest BCUT2D eigenvalue weighted by molar-refractivity contribution is 7.99. The first-order valence-electron chi connectivity index (χ1n) is 6.12. The standard InChI is InChI=1S/C13H20N2OS/c1-9-6-7-12(16)11(15-9)8-14-10-4-3-5-13(10)17-2/h6-7,10,13-14,16H,3-5,8H2,1-2H3. The van der Waals surface area contributed by atoms with E-state index in [0.717, 1.165) is 11.4 Å².